The molecule has 0 bridgehead atoms. The number of aliphatic hydroxyl groups is 1. The number of nitrogens with zero attached hydrogens (tertiary/aromatic N) is 1. The lowest BCUT2D eigenvalue weighted by atomic mass is 9.84. The Morgan fingerprint density at radius 2 is 1.57 bits per heavy atom. The van der Waals surface area contributed by atoms with Crippen molar-refractivity contribution in [1.29, 1.82) is 0 Å². The average molecular weight is 546 g/mol. The van der Waals surface area contributed by atoms with Crippen molar-refractivity contribution >= 4 is 23.1 Å². The van der Waals surface area contributed by atoms with Gasteiger partial charge in [-0.2, -0.15) is 0 Å². The molecule has 2 N–H and O–H groups in total. The zero-order valence-corrected chi connectivity index (χ0v) is 23.6. The van der Waals surface area contributed by atoms with Gasteiger partial charge in [0.1, 0.15) is 17.3 Å². The second-order valence-electron chi connectivity index (χ2n) is 10.4. The number of carbonyl (C=O) groups is 2. The maximum absolute atomic E-state index is 13.6. The minimum atomic E-state index is -0.988. The van der Waals surface area contributed by atoms with Gasteiger partial charge in [0.05, 0.1) is 31.9 Å². The summed E-state index contributed by atoms with van der Waals surface area (Å²) in [5, 5.41) is 22.0. The van der Waals surface area contributed by atoms with Gasteiger partial charge in [-0.05, 0) is 79.4 Å². The normalized spacial score (nSPS) is 16.8. The molecular weight excluding hydrogens is 510 g/mol. The molecule has 1 amide bonds. The third-order valence-electron chi connectivity index (χ3n) is 6.75. The number of methoxy groups -OCH3 is 1. The Bertz CT molecular complexity index is 1450. The number of aromatic hydroxyl groups is 1. The van der Waals surface area contributed by atoms with Gasteiger partial charge in [-0.25, -0.2) is 0 Å². The first-order valence-electron chi connectivity index (χ1n) is 13.2. The molecule has 1 fully saturated rings. The Labute approximate surface area is 234 Å². The molecule has 0 radical (unpaired) electrons. The number of rotatable bonds is 8. The van der Waals surface area contributed by atoms with Crippen molar-refractivity contribution in [3.8, 4) is 23.0 Å². The van der Waals surface area contributed by atoms with Crippen LogP contribution in [0.25, 0.3) is 5.76 Å². The van der Waals surface area contributed by atoms with E-state index in [0.717, 1.165) is 5.56 Å². The van der Waals surface area contributed by atoms with Gasteiger partial charge in [0.15, 0.2) is 11.5 Å². The molecule has 1 aliphatic heterocycles. The minimum absolute atomic E-state index is 0.0722. The molecule has 4 rings (SSSR count). The van der Waals surface area contributed by atoms with Gasteiger partial charge in [-0.15, -0.1) is 0 Å². The smallest absolute Gasteiger partial charge is 0.300 e. The summed E-state index contributed by atoms with van der Waals surface area (Å²) < 4.78 is 16.7. The highest BCUT2D eigenvalue weighted by atomic mass is 16.5. The molecule has 8 heteroatoms. The van der Waals surface area contributed by atoms with Crippen LogP contribution in [0.3, 0.4) is 0 Å². The molecule has 0 saturated carbocycles. The van der Waals surface area contributed by atoms with Crippen LogP contribution in [-0.4, -0.2) is 42.2 Å². The summed E-state index contributed by atoms with van der Waals surface area (Å²) in [5.74, 6) is -0.519. The summed E-state index contributed by atoms with van der Waals surface area (Å²) in [5.41, 5.74) is 1.76. The van der Waals surface area contributed by atoms with Crippen molar-refractivity contribution in [2.75, 3.05) is 25.2 Å². The molecule has 0 aromatic heterocycles. The molecule has 0 spiro atoms. The van der Waals surface area contributed by atoms with Gasteiger partial charge in [-0.1, -0.05) is 26.8 Å². The molecule has 210 valence electrons. The molecule has 40 heavy (non-hydrogen) atoms. The lowest BCUT2D eigenvalue weighted by molar-refractivity contribution is -0.132. The number of hydrogen-bond acceptors (Lipinski definition) is 7. The lowest BCUT2D eigenvalue weighted by Crippen LogP contribution is -2.29. The summed E-state index contributed by atoms with van der Waals surface area (Å²) in [7, 11) is 1.58. The molecule has 1 atom stereocenters. The lowest BCUT2D eigenvalue weighted by Gasteiger charge is -2.26. The van der Waals surface area contributed by atoms with Crippen LogP contribution in [0.1, 0.15) is 57.4 Å². The predicted octanol–water partition coefficient (Wildman–Crippen LogP) is 6.12. The van der Waals surface area contributed by atoms with Crippen molar-refractivity contribution < 1.29 is 34.0 Å². The fraction of sp³-hybridized carbons (Fsp3) is 0.312. The quantitative estimate of drug-likeness (QED) is 0.200. The molecule has 8 nitrogen and oxygen atoms in total. The zero-order valence-electron chi connectivity index (χ0n) is 23.6. The van der Waals surface area contributed by atoms with Crippen molar-refractivity contribution in [2.24, 2.45) is 0 Å². The Morgan fingerprint density at radius 3 is 2.17 bits per heavy atom. The van der Waals surface area contributed by atoms with E-state index in [9.17, 15) is 19.8 Å². The molecular formula is C32H35NO7. The summed E-state index contributed by atoms with van der Waals surface area (Å²) in [6.07, 6.45) is 0. The Kier molecular flexibility index (Phi) is 8.09. The summed E-state index contributed by atoms with van der Waals surface area (Å²) in [6, 6.07) is 15.6. The zero-order chi connectivity index (χ0) is 29.2. The van der Waals surface area contributed by atoms with Crippen LogP contribution in [0.4, 0.5) is 5.69 Å². The third-order valence-corrected chi connectivity index (χ3v) is 6.75. The van der Waals surface area contributed by atoms with Gasteiger partial charge in [0, 0.05) is 16.8 Å². The largest absolute Gasteiger partial charge is 0.507 e. The summed E-state index contributed by atoms with van der Waals surface area (Å²) in [4.78, 5) is 28.5. The highest BCUT2D eigenvalue weighted by Gasteiger charge is 2.47. The topological polar surface area (TPSA) is 106 Å². The summed E-state index contributed by atoms with van der Waals surface area (Å²) >= 11 is 0. The van der Waals surface area contributed by atoms with Crippen molar-refractivity contribution in [1.82, 2.24) is 0 Å². The number of aliphatic hydroxyl groups excluding tert-OH is 1. The average Bonchev–Trinajstić information content (AvgIpc) is 3.19. The highest BCUT2D eigenvalue weighted by molar-refractivity contribution is 6.51. The number of ketones is 1. The van der Waals surface area contributed by atoms with E-state index in [2.05, 4.69) is 0 Å². The number of phenols is 1. The number of anilines is 1. The molecule has 3 aromatic rings. The van der Waals surface area contributed by atoms with Gasteiger partial charge in [-0.3, -0.25) is 14.5 Å². The van der Waals surface area contributed by atoms with Gasteiger partial charge >= 0.3 is 0 Å². The second-order valence-corrected chi connectivity index (χ2v) is 10.4. The maximum atomic E-state index is 13.6. The van der Waals surface area contributed by atoms with Crippen LogP contribution >= 0.6 is 0 Å². The van der Waals surface area contributed by atoms with Crippen LogP contribution < -0.4 is 19.1 Å². The van der Waals surface area contributed by atoms with Crippen molar-refractivity contribution in [3.63, 3.8) is 0 Å². The van der Waals surface area contributed by atoms with Crippen LogP contribution in [0.15, 0.2) is 66.2 Å². The van der Waals surface area contributed by atoms with E-state index in [0.29, 0.717) is 41.5 Å². The van der Waals surface area contributed by atoms with E-state index in [1.54, 1.807) is 68.6 Å². The predicted molar refractivity (Wildman–Crippen MR) is 153 cm³/mol. The molecule has 0 aliphatic carbocycles. The number of ether oxygens (including phenoxy) is 3. The molecule has 1 aliphatic rings. The summed E-state index contributed by atoms with van der Waals surface area (Å²) in [6.45, 7) is 10.5. The number of benzene rings is 3. The number of carbonyl (C=O) groups excluding carboxylic acids is 2. The Hall–Kier alpha value is -4.46. The number of Topliss-reactive ketones (excluding diaryl/α,β-unsaturated/α-hetero) is 1. The standard InChI is InChI=1S/C32H35NO7/c1-7-39-22-13-11-21(12-14-22)33-28(19-9-15-24(34)26(18-19)40-8-2)27(30(36)31(33)37)29(35)20-10-16-25(38-6)23(17-20)32(3,4)5/h9-18,28,34-35H,7-8H2,1-6H3/b29-27+. The number of amides is 1. The fourth-order valence-electron chi connectivity index (χ4n) is 4.85. The van der Waals surface area contributed by atoms with Gasteiger partial charge < -0.3 is 24.4 Å². The van der Waals surface area contributed by atoms with Gasteiger partial charge in [0.25, 0.3) is 11.7 Å². The van der Waals surface area contributed by atoms with Crippen LogP contribution in [-0.2, 0) is 15.0 Å². The first-order valence-corrected chi connectivity index (χ1v) is 13.2. The van der Waals surface area contributed by atoms with Crippen molar-refractivity contribution in [3.05, 3.63) is 82.9 Å². The van der Waals surface area contributed by atoms with E-state index in [4.69, 9.17) is 14.2 Å². The second kappa shape index (κ2) is 11.3. The molecule has 1 unspecified atom stereocenters. The van der Waals surface area contributed by atoms with E-state index < -0.39 is 17.7 Å². The number of phenolic OH excluding ortho intramolecular Hbond substituents is 1. The fourth-order valence-corrected chi connectivity index (χ4v) is 4.85. The van der Waals surface area contributed by atoms with Gasteiger partial charge in [0.2, 0.25) is 0 Å². The van der Waals surface area contributed by atoms with E-state index in [1.807, 2.05) is 27.7 Å². The molecule has 1 heterocycles. The third kappa shape index (κ3) is 5.34. The Morgan fingerprint density at radius 1 is 0.900 bits per heavy atom. The van der Waals surface area contributed by atoms with E-state index in [-0.39, 0.29) is 28.2 Å². The first-order chi connectivity index (χ1) is 19.0. The molecule has 3 aromatic carbocycles. The number of hydrogen-bond donors (Lipinski definition) is 2. The maximum Gasteiger partial charge on any atom is 0.300 e. The molecule has 1 saturated heterocycles. The first kappa shape index (κ1) is 28.5. The highest BCUT2D eigenvalue weighted by Crippen LogP contribution is 2.45. The minimum Gasteiger partial charge on any atom is -0.507 e. The SMILES string of the molecule is CCOc1ccc(N2C(=O)C(=O)/C(=C(/O)c3ccc(OC)c(C(C)(C)C)c3)C2c2ccc(O)c(OCC)c2)cc1. The monoisotopic (exact) mass is 545 g/mol. The van der Waals surface area contributed by atoms with Crippen LogP contribution in [0.5, 0.6) is 23.0 Å². The Balaban J connectivity index is 1.95. The van der Waals surface area contributed by atoms with Crippen molar-refractivity contribution in [2.45, 2.75) is 46.1 Å². The van der Waals surface area contributed by atoms with Crippen LogP contribution in [0, 0.1) is 0 Å². The van der Waals surface area contributed by atoms with E-state index in [1.165, 1.54) is 11.0 Å². The van der Waals surface area contributed by atoms with E-state index >= 15 is 0 Å². The van der Waals surface area contributed by atoms with Crippen LogP contribution in [0.2, 0.25) is 0 Å².